The highest BCUT2D eigenvalue weighted by Crippen LogP contribution is 2.30. The van der Waals surface area contributed by atoms with Crippen LogP contribution in [0, 0.1) is 0 Å². The fraction of sp³-hybridized carbons (Fsp3) is 0.455. The van der Waals surface area contributed by atoms with Crippen molar-refractivity contribution in [1.29, 1.82) is 0 Å². The average molecular weight is 452 g/mol. The molecule has 174 valence electrons. The minimum atomic E-state index is -4.41. The minimum Gasteiger partial charge on any atom is -0.497 e. The summed E-state index contributed by atoms with van der Waals surface area (Å²) in [7, 11) is 3.08. The summed E-state index contributed by atoms with van der Waals surface area (Å²) in [6.07, 6.45) is -2.79. The van der Waals surface area contributed by atoms with Crippen LogP contribution in [0.25, 0.3) is 0 Å². The van der Waals surface area contributed by atoms with Gasteiger partial charge in [-0.1, -0.05) is 0 Å². The lowest BCUT2D eigenvalue weighted by molar-refractivity contribution is -0.137. The molecule has 2 aromatic rings. The van der Waals surface area contributed by atoms with Crippen LogP contribution in [0.15, 0.2) is 36.5 Å². The Bertz CT molecular complexity index is 899. The van der Waals surface area contributed by atoms with Gasteiger partial charge in [-0.2, -0.15) is 13.2 Å². The number of benzene rings is 1. The molecule has 0 spiro atoms. The summed E-state index contributed by atoms with van der Waals surface area (Å²) in [6, 6.07) is 7.19. The van der Waals surface area contributed by atoms with Gasteiger partial charge < -0.3 is 19.7 Å². The molecule has 0 aliphatic carbocycles. The quantitative estimate of drug-likeness (QED) is 0.722. The number of halogens is 3. The molecular weight excluding hydrogens is 425 g/mol. The summed E-state index contributed by atoms with van der Waals surface area (Å²) in [5.41, 5.74) is -0.194. The minimum absolute atomic E-state index is 0.165. The zero-order chi connectivity index (χ0) is 23.3. The van der Waals surface area contributed by atoms with Gasteiger partial charge in [0.2, 0.25) is 5.91 Å². The van der Waals surface area contributed by atoms with Gasteiger partial charge in [0, 0.05) is 56.3 Å². The second-order valence-corrected chi connectivity index (χ2v) is 7.55. The maximum atomic E-state index is 12.8. The van der Waals surface area contributed by atoms with Crippen LogP contribution in [-0.2, 0) is 11.0 Å². The highest BCUT2D eigenvalue weighted by Gasteiger charge is 2.31. The lowest BCUT2D eigenvalue weighted by Crippen LogP contribution is -2.44. The number of amides is 1. The van der Waals surface area contributed by atoms with Crippen LogP contribution >= 0.6 is 0 Å². The lowest BCUT2D eigenvalue weighted by atomic mass is 10.2. The van der Waals surface area contributed by atoms with E-state index in [0.717, 1.165) is 18.7 Å². The molecule has 1 N–H and O–H groups in total. The van der Waals surface area contributed by atoms with Crippen LogP contribution < -0.4 is 19.7 Å². The molecule has 7 nitrogen and oxygen atoms in total. The van der Waals surface area contributed by atoms with Crippen molar-refractivity contribution in [2.45, 2.75) is 25.6 Å². The average Bonchev–Trinajstić information content (AvgIpc) is 3.04. The SMILES string of the molecule is COc1cc(NC(=O)C(C)N2CCCN(c3ccc(C(F)(F)F)cn3)CC2)cc(OC)c1. The summed E-state index contributed by atoms with van der Waals surface area (Å²) in [5, 5.41) is 2.90. The number of rotatable bonds is 6. The van der Waals surface area contributed by atoms with E-state index in [0.29, 0.717) is 49.2 Å². The van der Waals surface area contributed by atoms with Crippen LogP contribution in [0.4, 0.5) is 24.7 Å². The topological polar surface area (TPSA) is 66.9 Å². The Hall–Kier alpha value is -3.01. The fourth-order valence-electron chi connectivity index (χ4n) is 3.59. The van der Waals surface area contributed by atoms with E-state index in [2.05, 4.69) is 15.2 Å². The third-order valence-electron chi connectivity index (χ3n) is 5.48. The Labute approximate surface area is 185 Å². The molecule has 0 bridgehead atoms. The smallest absolute Gasteiger partial charge is 0.417 e. The molecular formula is C22H27F3N4O3. The summed E-state index contributed by atoms with van der Waals surface area (Å²) in [4.78, 5) is 20.8. The van der Waals surface area contributed by atoms with Crippen molar-refractivity contribution in [3.05, 3.63) is 42.1 Å². The monoisotopic (exact) mass is 452 g/mol. The molecule has 0 radical (unpaired) electrons. The Morgan fingerprint density at radius 3 is 2.31 bits per heavy atom. The first-order chi connectivity index (χ1) is 15.2. The van der Waals surface area contributed by atoms with Crippen LogP contribution in [0.1, 0.15) is 18.9 Å². The first-order valence-electron chi connectivity index (χ1n) is 10.3. The van der Waals surface area contributed by atoms with E-state index in [1.165, 1.54) is 20.3 Å². The third-order valence-corrected chi connectivity index (χ3v) is 5.48. The number of ether oxygens (including phenoxy) is 2. The normalized spacial score (nSPS) is 16.2. The lowest BCUT2D eigenvalue weighted by Gasteiger charge is -2.27. The van der Waals surface area contributed by atoms with Crippen LogP contribution in [0.2, 0.25) is 0 Å². The zero-order valence-corrected chi connectivity index (χ0v) is 18.3. The van der Waals surface area contributed by atoms with Gasteiger partial charge in [0.05, 0.1) is 25.8 Å². The summed E-state index contributed by atoms with van der Waals surface area (Å²) >= 11 is 0. The van der Waals surface area contributed by atoms with Crippen molar-refractivity contribution < 1.29 is 27.4 Å². The molecule has 1 amide bonds. The van der Waals surface area contributed by atoms with E-state index in [1.807, 2.05) is 11.8 Å². The van der Waals surface area contributed by atoms with Gasteiger partial charge >= 0.3 is 6.18 Å². The number of pyridine rings is 1. The van der Waals surface area contributed by atoms with E-state index >= 15 is 0 Å². The molecule has 2 heterocycles. The van der Waals surface area contributed by atoms with Gasteiger partial charge in [-0.05, 0) is 25.5 Å². The Kier molecular flexibility index (Phi) is 7.44. The van der Waals surface area contributed by atoms with Crippen molar-refractivity contribution in [3.63, 3.8) is 0 Å². The number of alkyl halides is 3. The third kappa shape index (κ3) is 5.82. The zero-order valence-electron chi connectivity index (χ0n) is 18.3. The van der Waals surface area contributed by atoms with Gasteiger partial charge in [0.25, 0.3) is 0 Å². The molecule has 1 aromatic carbocycles. The Morgan fingerprint density at radius 1 is 1.06 bits per heavy atom. The highest BCUT2D eigenvalue weighted by atomic mass is 19.4. The number of methoxy groups -OCH3 is 2. The number of anilines is 2. The number of hydrogen-bond acceptors (Lipinski definition) is 6. The maximum absolute atomic E-state index is 12.8. The highest BCUT2D eigenvalue weighted by molar-refractivity contribution is 5.95. The molecule has 32 heavy (non-hydrogen) atoms. The van der Waals surface area contributed by atoms with Crippen molar-refractivity contribution in [1.82, 2.24) is 9.88 Å². The van der Waals surface area contributed by atoms with Gasteiger partial charge in [-0.3, -0.25) is 9.69 Å². The predicted octanol–water partition coefficient (Wildman–Crippen LogP) is 3.66. The molecule has 10 heteroatoms. The molecule has 1 saturated heterocycles. The summed E-state index contributed by atoms with van der Waals surface area (Å²) in [6.45, 7) is 4.31. The molecule has 1 aliphatic heterocycles. The number of carbonyl (C=O) groups excluding carboxylic acids is 1. The molecule has 1 fully saturated rings. The van der Waals surface area contributed by atoms with Gasteiger partial charge in [0.1, 0.15) is 17.3 Å². The first-order valence-corrected chi connectivity index (χ1v) is 10.3. The van der Waals surface area contributed by atoms with E-state index < -0.39 is 17.8 Å². The number of hydrogen-bond donors (Lipinski definition) is 1. The van der Waals surface area contributed by atoms with E-state index in [9.17, 15) is 18.0 Å². The van der Waals surface area contributed by atoms with Crippen LogP contribution in [0.3, 0.4) is 0 Å². The largest absolute Gasteiger partial charge is 0.497 e. The van der Waals surface area contributed by atoms with E-state index in [-0.39, 0.29) is 5.91 Å². The molecule has 3 rings (SSSR count). The maximum Gasteiger partial charge on any atom is 0.417 e. The number of nitrogens with one attached hydrogen (secondary N) is 1. The molecule has 0 saturated carbocycles. The van der Waals surface area contributed by atoms with Crippen molar-refractivity contribution in [3.8, 4) is 11.5 Å². The summed E-state index contributed by atoms with van der Waals surface area (Å²) in [5.74, 6) is 1.48. The standard InChI is InChI=1S/C22H27F3N4O3/c1-15(21(30)27-17-11-18(31-2)13-19(12-17)32-3)28-7-4-8-29(10-9-28)20-6-5-16(14-26-20)22(23,24)25/h5-6,11-15H,4,7-10H2,1-3H3,(H,27,30). The van der Waals surface area contributed by atoms with Crippen LogP contribution in [0.5, 0.6) is 11.5 Å². The summed E-state index contributed by atoms with van der Waals surface area (Å²) < 4.78 is 48.8. The van der Waals surface area contributed by atoms with E-state index in [1.54, 1.807) is 18.2 Å². The molecule has 1 aromatic heterocycles. The fourth-order valence-corrected chi connectivity index (χ4v) is 3.59. The van der Waals surface area contributed by atoms with Gasteiger partial charge in [-0.25, -0.2) is 4.98 Å². The number of carbonyl (C=O) groups is 1. The Balaban J connectivity index is 1.61. The predicted molar refractivity (Wildman–Crippen MR) is 115 cm³/mol. The second-order valence-electron chi connectivity index (χ2n) is 7.55. The molecule has 1 atom stereocenters. The van der Waals surface area contributed by atoms with Crippen molar-refractivity contribution in [2.75, 3.05) is 50.6 Å². The molecule has 1 aliphatic rings. The van der Waals surface area contributed by atoms with Gasteiger partial charge in [0.15, 0.2) is 0 Å². The van der Waals surface area contributed by atoms with Crippen molar-refractivity contribution in [2.24, 2.45) is 0 Å². The van der Waals surface area contributed by atoms with E-state index in [4.69, 9.17) is 9.47 Å². The van der Waals surface area contributed by atoms with Crippen molar-refractivity contribution >= 4 is 17.4 Å². The first kappa shape index (κ1) is 23.6. The van der Waals surface area contributed by atoms with Gasteiger partial charge in [-0.15, -0.1) is 0 Å². The Morgan fingerprint density at radius 2 is 1.75 bits per heavy atom. The number of nitrogens with zero attached hydrogens (tertiary/aromatic N) is 3. The molecule has 1 unspecified atom stereocenters. The second kappa shape index (κ2) is 10.1. The van der Waals surface area contributed by atoms with Crippen LogP contribution in [-0.4, -0.2) is 62.2 Å². The number of aromatic nitrogens is 1.